The lowest BCUT2D eigenvalue weighted by Gasteiger charge is -2.18. The van der Waals surface area contributed by atoms with E-state index in [9.17, 15) is 9.59 Å². The van der Waals surface area contributed by atoms with Gasteiger partial charge in [-0.15, -0.1) is 0 Å². The molecule has 0 saturated heterocycles. The molecule has 1 aromatic carbocycles. The Morgan fingerprint density at radius 1 is 0.844 bits per heavy atom. The van der Waals surface area contributed by atoms with Gasteiger partial charge in [-0.3, -0.25) is 0 Å². The lowest BCUT2D eigenvalue weighted by atomic mass is 10.2. The molecule has 0 bridgehead atoms. The molecule has 0 unspecified atom stereocenters. The Morgan fingerprint density at radius 2 is 1.31 bits per heavy atom. The summed E-state index contributed by atoms with van der Waals surface area (Å²) < 4.78 is 10.8. The number of benzene rings is 1. The van der Waals surface area contributed by atoms with E-state index in [1.165, 1.54) is 15.9 Å². The van der Waals surface area contributed by atoms with E-state index < -0.39 is 12.2 Å². The van der Waals surface area contributed by atoms with Gasteiger partial charge in [0.05, 0.1) is 12.7 Å². The Balaban J connectivity index is 1.42. The molecule has 3 aromatic rings. The predicted molar refractivity (Wildman–Crippen MR) is 118 cm³/mol. The van der Waals surface area contributed by atoms with Gasteiger partial charge in [0.15, 0.2) is 0 Å². The first-order valence-corrected chi connectivity index (χ1v) is 10.4. The highest BCUT2D eigenvalue weighted by Crippen LogP contribution is 2.21. The smallest absolute Gasteiger partial charge is 0.410 e. The monoisotopic (exact) mass is 440 g/mol. The van der Waals surface area contributed by atoms with Crippen LogP contribution in [0, 0.1) is 0 Å². The second-order valence-corrected chi connectivity index (χ2v) is 7.41. The van der Waals surface area contributed by atoms with Crippen LogP contribution in [-0.4, -0.2) is 69.1 Å². The minimum absolute atomic E-state index is 0.308. The number of nitrogens with zero attached hydrogens (tertiary/aromatic N) is 4. The maximum Gasteiger partial charge on any atom is 0.414 e. The van der Waals surface area contributed by atoms with Crippen molar-refractivity contribution in [3.63, 3.8) is 0 Å². The lowest BCUT2D eigenvalue weighted by Crippen LogP contribution is -2.31. The SMILES string of the molecule is CN(CCCc1cnc[nH]1)C(=O)Oc1cccc(OC(=O)N(C)CCCc2cnc[nH]2)c1. The highest BCUT2D eigenvalue weighted by Gasteiger charge is 2.14. The van der Waals surface area contributed by atoms with Crippen molar-refractivity contribution in [3.8, 4) is 11.5 Å². The van der Waals surface area contributed by atoms with Gasteiger partial charge in [0.25, 0.3) is 0 Å². The van der Waals surface area contributed by atoms with Crippen LogP contribution in [0.15, 0.2) is 49.3 Å². The minimum atomic E-state index is -0.478. The van der Waals surface area contributed by atoms with E-state index in [0.717, 1.165) is 37.1 Å². The molecule has 2 N–H and O–H groups in total. The van der Waals surface area contributed by atoms with Gasteiger partial charge in [0.2, 0.25) is 0 Å². The number of aryl methyl sites for hydroxylation is 2. The normalized spacial score (nSPS) is 10.6. The van der Waals surface area contributed by atoms with Gasteiger partial charge >= 0.3 is 12.2 Å². The molecule has 0 aliphatic rings. The zero-order valence-electron chi connectivity index (χ0n) is 18.3. The number of H-pyrrole nitrogens is 2. The molecule has 0 saturated carbocycles. The number of aromatic amines is 2. The molecule has 10 heteroatoms. The van der Waals surface area contributed by atoms with Crippen LogP contribution in [0.3, 0.4) is 0 Å². The zero-order chi connectivity index (χ0) is 22.8. The van der Waals surface area contributed by atoms with E-state index in [4.69, 9.17) is 9.47 Å². The molecule has 2 amide bonds. The van der Waals surface area contributed by atoms with Crippen LogP contribution < -0.4 is 9.47 Å². The summed E-state index contributed by atoms with van der Waals surface area (Å²) >= 11 is 0. The minimum Gasteiger partial charge on any atom is -0.410 e. The quantitative estimate of drug-likeness (QED) is 0.500. The number of carbonyl (C=O) groups excluding carboxylic acids is 2. The first-order valence-electron chi connectivity index (χ1n) is 10.4. The Kier molecular flexibility index (Phi) is 8.24. The molecule has 0 aliphatic carbocycles. The number of carbonyl (C=O) groups is 2. The van der Waals surface area contributed by atoms with Crippen LogP contribution in [0.25, 0.3) is 0 Å². The first kappa shape index (κ1) is 22.9. The molecule has 0 spiro atoms. The Labute approximate surface area is 186 Å². The summed E-state index contributed by atoms with van der Waals surface area (Å²) in [6.45, 7) is 1.08. The molecule has 0 aliphatic heterocycles. The average molecular weight is 441 g/mol. The fourth-order valence-electron chi connectivity index (χ4n) is 3.00. The second kappa shape index (κ2) is 11.5. The van der Waals surface area contributed by atoms with Crippen molar-refractivity contribution in [2.24, 2.45) is 0 Å². The topological polar surface area (TPSA) is 116 Å². The van der Waals surface area contributed by atoms with Crippen molar-refractivity contribution in [1.29, 1.82) is 0 Å². The maximum atomic E-state index is 12.3. The number of rotatable bonds is 10. The van der Waals surface area contributed by atoms with Crippen LogP contribution in [0.2, 0.25) is 0 Å². The summed E-state index contributed by atoms with van der Waals surface area (Å²) in [5.74, 6) is 0.616. The van der Waals surface area contributed by atoms with E-state index >= 15 is 0 Å². The molecule has 0 atom stereocenters. The number of hydrogen-bond acceptors (Lipinski definition) is 6. The third-order valence-electron chi connectivity index (χ3n) is 4.83. The zero-order valence-corrected chi connectivity index (χ0v) is 18.3. The van der Waals surface area contributed by atoms with Crippen LogP contribution in [0.1, 0.15) is 24.2 Å². The van der Waals surface area contributed by atoms with E-state index in [2.05, 4.69) is 19.9 Å². The molecule has 0 fully saturated rings. The fraction of sp³-hybridized carbons (Fsp3) is 0.364. The van der Waals surface area contributed by atoms with Gasteiger partial charge in [-0.05, 0) is 37.8 Å². The Bertz CT molecular complexity index is 899. The molecule has 2 aromatic heterocycles. The molecular formula is C22H28N6O4. The standard InChI is InChI=1S/C22H28N6O4/c1-27(10-4-6-17-13-23-15-25-17)21(29)31-19-8-3-9-20(12-19)32-22(30)28(2)11-5-7-18-14-24-16-26-18/h3,8-9,12-16H,4-7,10-11H2,1-2H3,(H,23,25)(H,24,26). The molecule has 32 heavy (non-hydrogen) atoms. The summed E-state index contributed by atoms with van der Waals surface area (Å²) in [4.78, 5) is 41.7. The summed E-state index contributed by atoms with van der Waals surface area (Å²) in [5, 5.41) is 0. The van der Waals surface area contributed by atoms with Crippen molar-refractivity contribution < 1.29 is 19.1 Å². The van der Waals surface area contributed by atoms with Crippen molar-refractivity contribution in [2.45, 2.75) is 25.7 Å². The van der Waals surface area contributed by atoms with Gasteiger partial charge in [0, 0.05) is 57.0 Å². The number of imidazole rings is 2. The van der Waals surface area contributed by atoms with Crippen molar-refractivity contribution in [3.05, 3.63) is 60.7 Å². The third-order valence-corrected chi connectivity index (χ3v) is 4.83. The highest BCUT2D eigenvalue weighted by molar-refractivity contribution is 5.72. The predicted octanol–water partition coefficient (Wildman–Crippen LogP) is 3.26. The molecule has 2 heterocycles. The van der Waals surface area contributed by atoms with Gasteiger partial charge in [0.1, 0.15) is 11.5 Å². The Hall–Kier alpha value is -3.82. The van der Waals surface area contributed by atoms with E-state index in [1.54, 1.807) is 57.3 Å². The van der Waals surface area contributed by atoms with Crippen molar-refractivity contribution in [2.75, 3.05) is 27.2 Å². The number of amides is 2. The van der Waals surface area contributed by atoms with Crippen LogP contribution in [0.5, 0.6) is 11.5 Å². The molecule has 170 valence electrons. The van der Waals surface area contributed by atoms with Gasteiger partial charge in [-0.1, -0.05) is 6.07 Å². The van der Waals surface area contributed by atoms with E-state index in [-0.39, 0.29) is 0 Å². The maximum absolute atomic E-state index is 12.3. The third kappa shape index (κ3) is 7.15. The number of aromatic nitrogens is 4. The van der Waals surface area contributed by atoms with Crippen LogP contribution in [0.4, 0.5) is 9.59 Å². The van der Waals surface area contributed by atoms with Gasteiger partial charge in [-0.25, -0.2) is 19.6 Å². The van der Waals surface area contributed by atoms with Gasteiger partial charge < -0.3 is 29.2 Å². The van der Waals surface area contributed by atoms with E-state index in [0.29, 0.717) is 24.6 Å². The fourth-order valence-corrected chi connectivity index (χ4v) is 3.00. The molecule has 10 nitrogen and oxygen atoms in total. The largest absolute Gasteiger partial charge is 0.414 e. The summed E-state index contributed by atoms with van der Waals surface area (Å²) in [7, 11) is 3.36. The molecular weight excluding hydrogens is 412 g/mol. The number of ether oxygens (including phenoxy) is 2. The first-order chi connectivity index (χ1) is 15.5. The summed E-state index contributed by atoms with van der Waals surface area (Å²) in [6, 6.07) is 6.47. The van der Waals surface area contributed by atoms with Crippen LogP contribution in [-0.2, 0) is 12.8 Å². The highest BCUT2D eigenvalue weighted by atomic mass is 16.6. The number of hydrogen-bond donors (Lipinski definition) is 2. The van der Waals surface area contributed by atoms with Crippen LogP contribution >= 0.6 is 0 Å². The Morgan fingerprint density at radius 3 is 1.72 bits per heavy atom. The lowest BCUT2D eigenvalue weighted by molar-refractivity contribution is 0.160. The van der Waals surface area contributed by atoms with Gasteiger partial charge in [-0.2, -0.15) is 0 Å². The molecule has 0 radical (unpaired) electrons. The number of nitrogens with one attached hydrogen (secondary N) is 2. The van der Waals surface area contributed by atoms with Crippen molar-refractivity contribution >= 4 is 12.2 Å². The van der Waals surface area contributed by atoms with Crippen molar-refractivity contribution in [1.82, 2.24) is 29.7 Å². The second-order valence-electron chi connectivity index (χ2n) is 7.41. The van der Waals surface area contributed by atoms with E-state index in [1.807, 2.05) is 0 Å². The summed E-state index contributed by atoms with van der Waals surface area (Å²) in [5.41, 5.74) is 2.04. The molecule has 3 rings (SSSR count). The average Bonchev–Trinajstić information content (AvgIpc) is 3.48. The summed E-state index contributed by atoms with van der Waals surface area (Å²) in [6.07, 6.45) is 8.97.